The average molecular weight is 245 g/mol. The Labute approximate surface area is 103 Å². The Bertz CT molecular complexity index is 651. The number of methoxy groups -OCH3 is 1. The van der Waals surface area contributed by atoms with Crippen LogP contribution in [0.1, 0.15) is 5.56 Å². The molecule has 6 nitrogen and oxygen atoms in total. The maximum atomic E-state index is 11.4. The van der Waals surface area contributed by atoms with E-state index in [4.69, 9.17) is 9.47 Å². The van der Waals surface area contributed by atoms with Crippen LogP contribution in [0.3, 0.4) is 0 Å². The number of benzene rings is 1. The molecule has 3 rings (SSSR count). The number of aromatic amines is 1. The van der Waals surface area contributed by atoms with Gasteiger partial charge in [-0.3, -0.25) is 4.98 Å². The lowest BCUT2D eigenvalue weighted by molar-refractivity contribution is 0.357. The molecule has 0 spiro atoms. The molecular weight excluding hydrogens is 234 g/mol. The summed E-state index contributed by atoms with van der Waals surface area (Å²) in [4.78, 5) is 21.7. The highest BCUT2D eigenvalue weighted by Crippen LogP contribution is 2.34. The standard InChI is InChI=1S/C12H11N3O3/c1-17-12-14-10(13-11(16)15-12)8-4-2-3-7-5-6-18-9(7)8/h2-4H,5-6H2,1H3,(H,13,14,15,16). The molecule has 6 heteroatoms. The first-order chi connectivity index (χ1) is 8.78. The van der Waals surface area contributed by atoms with Crippen LogP contribution in [0.15, 0.2) is 23.0 Å². The van der Waals surface area contributed by atoms with Gasteiger partial charge in [0.2, 0.25) is 0 Å². The summed E-state index contributed by atoms with van der Waals surface area (Å²) in [5, 5.41) is 0. The Kier molecular flexibility index (Phi) is 2.47. The molecule has 18 heavy (non-hydrogen) atoms. The number of H-pyrrole nitrogens is 1. The number of rotatable bonds is 2. The summed E-state index contributed by atoms with van der Waals surface area (Å²) in [7, 11) is 1.42. The minimum Gasteiger partial charge on any atom is -0.492 e. The van der Waals surface area contributed by atoms with Gasteiger partial charge in [0.15, 0.2) is 5.82 Å². The minimum absolute atomic E-state index is 0.0457. The number of para-hydroxylation sites is 1. The monoisotopic (exact) mass is 245 g/mol. The zero-order valence-corrected chi connectivity index (χ0v) is 9.77. The molecule has 0 radical (unpaired) electrons. The summed E-state index contributed by atoms with van der Waals surface area (Å²) >= 11 is 0. The maximum absolute atomic E-state index is 11.4. The molecule has 0 fully saturated rings. The van der Waals surface area contributed by atoms with Gasteiger partial charge in [-0.2, -0.15) is 4.98 Å². The summed E-state index contributed by atoms with van der Waals surface area (Å²) in [5.41, 5.74) is 1.38. The molecule has 1 aromatic heterocycles. The van der Waals surface area contributed by atoms with Crippen LogP contribution in [-0.2, 0) is 6.42 Å². The summed E-state index contributed by atoms with van der Waals surface area (Å²) in [6, 6.07) is 5.81. The van der Waals surface area contributed by atoms with Gasteiger partial charge < -0.3 is 9.47 Å². The quantitative estimate of drug-likeness (QED) is 0.845. The molecule has 0 amide bonds. The molecule has 1 N–H and O–H groups in total. The molecule has 1 aliphatic rings. The number of ether oxygens (including phenoxy) is 2. The number of fused-ring (bicyclic) bond motifs is 1. The van der Waals surface area contributed by atoms with E-state index < -0.39 is 5.69 Å². The van der Waals surface area contributed by atoms with Crippen LogP contribution < -0.4 is 15.2 Å². The molecule has 0 aliphatic carbocycles. The van der Waals surface area contributed by atoms with Gasteiger partial charge in [0.05, 0.1) is 19.3 Å². The summed E-state index contributed by atoms with van der Waals surface area (Å²) in [5.74, 6) is 1.18. The Hall–Kier alpha value is -2.37. The highest BCUT2D eigenvalue weighted by atomic mass is 16.5. The number of hydrogen-bond acceptors (Lipinski definition) is 5. The number of aromatic nitrogens is 3. The smallest absolute Gasteiger partial charge is 0.351 e. The van der Waals surface area contributed by atoms with E-state index in [1.165, 1.54) is 7.11 Å². The van der Waals surface area contributed by atoms with E-state index in [0.29, 0.717) is 12.4 Å². The lowest BCUT2D eigenvalue weighted by Crippen LogP contribution is -2.14. The first kappa shape index (κ1) is 10.8. The molecule has 0 saturated heterocycles. The third-order valence-corrected chi connectivity index (χ3v) is 2.78. The molecule has 2 aromatic rings. The van der Waals surface area contributed by atoms with Crippen molar-refractivity contribution in [1.82, 2.24) is 15.0 Å². The van der Waals surface area contributed by atoms with E-state index in [9.17, 15) is 4.79 Å². The third kappa shape index (κ3) is 1.71. The van der Waals surface area contributed by atoms with Gasteiger partial charge in [0.25, 0.3) is 0 Å². The zero-order chi connectivity index (χ0) is 12.5. The molecule has 0 unspecified atom stereocenters. The normalized spacial score (nSPS) is 12.9. The van der Waals surface area contributed by atoms with Gasteiger partial charge in [-0.05, 0) is 11.6 Å². The molecule has 0 atom stereocenters. The second-order valence-corrected chi connectivity index (χ2v) is 3.88. The van der Waals surface area contributed by atoms with E-state index in [-0.39, 0.29) is 6.01 Å². The van der Waals surface area contributed by atoms with E-state index in [1.54, 1.807) is 0 Å². The Morgan fingerprint density at radius 3 is 3.11 bits per heavy atom. The summed E-state index contributed by atoms with van der Waals surface area (Å²) in [6.07, 6.45) is 0.871. The average Bonchev–Trinajstić information content (AvgIpc) is 2.85. The van der Waals surface area contributed by atoms with Crippen molar-refractivity contribution in [2.75, 3.05) is 13.7 Å². The predicted octanol–water partition coefficient (Wildman–Crippen LogP) is 0.775. The molecule has 1 aliphatic heterocycles. The molecule has 0 bridgehead atoms. The van der Waals surface area contributed by atoms with Crippen molar-refractivity contribution >= 4 is 0 Å². The van der Waals surface area contributed by atoms with Crippen molar-refractivity contribution in [3.05, 3.63) is 34.2 Å². The van der Waals surface area contributed by atoms with Crippen LogP contribution in [0.5, 0.6) is 11.8 Å². The Balaban J connectivity index is 2.18. The van der Waals surface area contributed by atoms with Crippen LogP contribution >= 0.6 is 0 Å². The third-order valence-electron chi connectivity index (χ3n) is 2.78. The minimum atomic E-state index is -0.493. The maximum Gasteiger partial charge on any atom is 0.351 e. The summed E-state index contributed by atoms with van der Waals surface area (Å²) in [6.45, 7) is 0.652. The van der Waals surface area contributed by atoms with Gasteiger partial charge >= 0.3 is 11.7 Å². The van der Waals surface area contributed by atoms with Crippen LogP contribution in [0.2, 0.25) is 0 Å². The topological polar surface area (TPSA) is 77.1 Å². The molecule has 0 saturated carbocycles. The van der Waals surface area contributed by atoms with E-state index >= 15 is 0 Å². The van der Waals surface area contributed by atoms with E-state index in [1.807, 2.05) is 18.2 Å². The fourth-order valence-corrected chi connectivity index (χ4v) is 1.99. The highest BCUT2D eigenvalue weighted by molar-refractivity contribution is 5.67. The van der Waals surface area contributed by atoms with Gasteiger partial charge in [0.1, 0.15) is 5.75 Å². The molecular formula is C12H11N3O3. The second-order valence-electron chi connectivity index (χ2n) is 3.88. The zero-order valence-electron chi connectivity index (χ0n) is 9.77. The molecule has 1 aromatic carbocycles. The Morgan fingerprint density at radius 1 is 1.39 bits per heavy atom. The lowest BCUT2D eigenvalue weighted by atomic mass is 10.1. The first-order valence-corrected chi connectivity index (χ1v) is 5.55. The van der Waals surface area contributed by atoms with Gasteiger partial charge in [-0.1, -0.05) is 12.1 Å². The van der Waals surface area contributed by atoms with Crippen LogP contribution in [0.25, 0.3) is 11.4 Å². The molecule has 92 valence electrons. The van der Waals surface area contributed by atoms with Crippen LogP contribution in [0.4, 0.5) is 0 Å². The highest BCUT2D eigenvalue weighted by Gasteiger charge is 2.18. The van der Waals surface area contributed by atoms with Gasteiger partial charge in [-0.25, -0.2) is 4.79 Å². The van der Waals surface area contributed by atoms with Crippen molar-refractivity contribution in [1.29, 1.82) is 0 Å². The first-order valence-electron chi connectivity index (χ1n) is 5.55. The van der Waals surface area contributed by atoms with Crippen molar-refractivity contribution in [2.24, 2.45) is 0 Å². The fourth-order valence-electron chi connectivity index (χ4n) is 1.99. The Morgan fingerprint density at radius 2 is 2.28 bits per heavy atom. The van der Waals surface area contributed by atoms with Gasteiger partial charge in [-0.15, -0.1) is 4.98 Å². The largest absolute Gasteiger partial charge is 0.492 e. The van der Waals surface area contributed by atoms with Crippen molar-refractivity contribution in [3.63, 3.8) is 0 Å². The number of nitrogens with zero attached hydrogens (tertiary/aromatic N) is 2. The SMILES string of the molecule is COc1nc(-c2cccc3c2OCC3)[nH]c(=O)n1. The van der Waals surface area contributed by atoms with Crippen LogP contribution in [-0.4, -0.2) is 28.7 Å². The number of hydrogen-bond donors (Lipinski definition) is 1. The second kappa shape index (κ2) is 4.14. The number of nitrogens with one attached hydrogen (secondary N) is 1. The summed E-state index contributed by atoms with van der Waals surface area (Å²) < 4.78 is 10.5. The van der Waals surface area contributed by atoms with E-state index in [2.05, 4.69) is 15.0 Å². The van der Waals surface area contributed by atoms with Gasteiger partial charge in [0, 0.05) is 6.42 Å². The van der Waals surface area contributed by atoms with E-state index in [0.717, 1.165) is 23.3 Å². The molecule has 2 heterocycles. The van der Waals surface area contributed by atoms with Crippen LogP contribution in [0, 0.1) is 0 Å². The lowest BCUT2D eigenvalue weighted by Gasteiger charge is -2.07. The van der Waals surface area contributed by atoms with Crippen molar-refractivity contribution < 1.29 is 9.47 Å². The van der Waals surface area contributed by atoms with Crippen molar-refractivity contribution in [2.45, 2.75) is 6.42 Å². The van der Waals surface area contributed by atoms with Crippen molar-refractivity contribution in [3.8, 4) is 23.1 Å². The fraction of sp³-hybridized carbons (Fsp3) is 0.250. The predicted molar refractivity (Wildman–Crippen MR) is 63.8 cm³/mol.